The number of nitrogens with zero attached hydrogens (tertiary/aromatic N) is 1. The van der Waals surface area contributed by atoms with Crippen LogP contribution in [0.3, 0.4) is 0 Å². The average molecular weight is 549 g/mol. The number of carbonyl (C=O) groups is 1. The van der Waals surface area contributed by atoms with Crippen molar-refractivity contribution in [1.82, 2.24) is 0 Å². The summed E-state index contributed by atoms with van der Waals surface area (Å²) >= 11 is 0. The minimum atomic E-state index is -0.556. The zero-order valence-corrected chi connectivity index (χ0v) is 21.9. The largest absolute Gasteiger partial charge is 0.490 e. The summed E-state index contributed by atoms with van der Waals surface area (Å²) in [7, 11) is 0. The van der Waals surface area contributed by atoms with Gasteiger partial charge in [-0.05, 0) is 54.1 Å². The van der Waals surface area contributed by atoms with E-state index in [0.29, 0.717) is 40.5 Å². The van der Waals surface area contributed by atoms with Crippen LogP contribution in [0.25, 0.3) is 0 Å². The second kappa shape index (κ2) is 12.1. The number of hydrogen-bond acceptors (Lipinski definition) is 7. The van der Waals surface area contributed by atoms with Crippen molar-refractivity contribution >= 4 is 5.97 Å². The van der Waals surface area contributed by atoms with Crippen LogP contribution >= 0.6 is 0 Å². The molecule has 0 aliphatic carbocycles. The van der Waals surface area contributed by atoms with E-state index in [1.807, 2.05) is 12.1 Å². The van der Waals surface area contributed by atoms with E-state index in [2.05, 4.69) is 12.6 Å². The number of esters is 1. The van der Waals surface area contributed by atoms with Gasteiger partial charge in [0, 0.05) is 17.2 Å². The highest BCUT2D eigenvalue weighted by atomic mass is 19.1. The first-order chi connectivity index (χ1) is 20.0. The first-order valence-corrected chi connectivity index (χ1v) is 12.7. The smallest absolute Gasteiger partial charge is 0.343 e. The minimum absolute atomic E-state index is 0.0385. The van der Waals surface area contributed by atoms with Crippen LogP contribution < -0.4 is 24.7 Å². The molecule has 0 saturated carbocycles. The van der Waals surface area contributed by atoms with Gasteiger partial charge in [0.1, 0.15) is 53.7 Å². The van der Waals surface area contributed by atoms with Gasteiger partial charge in [-0.3, -0.25) is 0 Å². The van der Waals surface area contributed by atoms with Crippen molar-refractivity contribution in [2.24, 2.45) is 5.73 Å². The van der Waals surface area contributed by atoms with Crippen LogP contribution in [0.2, 0.25) is 0 Å². The first kappa shape index (κ1) is 27.0. The lowest BCUT2D eigenvalue weighted by Crippen LogP contribution is -2.21. The number of allylic oxidation sites excluding steroid dienone is 1. The average Bonchev–Trinajstić information content (AvgIpc) is 2.99. The maximum Gasteiger partial charge on any atom is 0.343 e. The molecule has 1 aliphatic rings. The molecule has 204 valence electrons. The Kier molecular flexibility index (Phi) is 7.98. The van der Waals surface area contributed by atoms with E-state index in [4.69, 9.17) is 24.7 Å². The number of benzene rings is 4. The van der Waals surface area contributed by atoms with Gasteiger partial charge >= 0.3 is 5.97 Å². The molecule has 1 atom stereocenters. The second-order valence-corrected chi connectivity index (χ2v) is 9.09. The molecule has 7 nitrogen and oxygen atoms in total. The van der Waals surface area contributed by atoms with Crippen molar-refractivity contribution in [1.29, 1.82) is 5.26 Å². The molecule has 1 aliphatic heterocycles. The topological polar surface area (TPSA) is 104 Å². The van der Waals surface area contributed by atoms with Gasteiger partial charge in [0.15, 0.2) is 0 Å². The lowest BCUT2D eigenvalue weighted by atomic mass is 9.83. The summed E-state index contributed by atoms with van der Waals surface area (Å²) in [6.45, 7) is 4.05. The zero-order valence-electron chi connectivity index (χ0n) is 21.9. The summed E-state index contributed by atoms with van der Waals surface area (Å²) in [5.41, 5.74) is 8.62. The lowest BCUT2D eigenvalue weighted by molar-refractivity contribution is 0.0734. The lowest BCUT2D eigenvalue weighted by Gasteiger charge is -2.26. The number of rotatable bonds is 9. The molecule has 0 radical (unpaired) electrons. The zero-order chi connectivity index (χ0) is 28.8. The van der Waals surface area contributed by atoms with E-state index in [-0.39, 0.29) is 29.6 Å². The van der Waals surface area contributed by atoms with Gasteiger partial charge < -0.3 is 24.7 Å². The fraction of sp³-hybridized carbons (Fsp3) is 0.0909. The molecular formula is C33H25FN2O5. The number of nitrogens with two attached hydrogens (primary N) is 1. The molecule has 0 fully saturated rings. The highest BCUT2D eigenvalue weighted by molar-refractivity contribution is 5.91. The third-order valence-electron chi connectivity index (χ3n) is 6.42. The molecule has 2 N–H and O–H groups in total. The molecule has 0 amide bonds. The van der Waals surface area contributed by atoms with E-state index in [9.17, 15) is 14.4 Å². The molecule has 5 rings (SSSR count). The maximum atomic E-state index is 13.9. The van der Waals surface area contributed by atoms with E-state index in [1.165, 1.54) is 6.07 Å². The van der Waals surface area contributed by atoms with Crippen molar-refractivity contribution in [3.05, 3.63) is 143 Å². The van der Waals surface area contributed by atoms with E-state index in [1.54, 1.807) is 78.9 Å². The summed E-state index contributed by atoms with van der Waals surface area (Å²) in [6.07, 6.45) is 1.63. The van der Waals surface area contributed by atoms with Crippen LogP contribution in [0.4, 0.5) is 4.39 Å². The predicted octanol–water partition coefficient (Wildman–Crippen LogP) is 6.41. The van der Waals surface area contributed by atoms with Crippen LogP contribution in [0.5, 0.6) is 23.0 Å². The van der Waals surface area contributed by atoms with Crippen molar-refractivity contribution in [3.8, 4) is 29.1 Å². The molecular weight excluding hydrogens is 523 g/mol. The van der Waals surface area contributed by atoms with Crippen molar-refractivity contribution in [2.75, 3.05) is 6.61 Å². The molecule has 41 heavy (non-hydrogen) atoms. The number of ether oxygens (including phenoxy) is 4. The number of halogens is 1. The first-order valence-electron chi connectivity index (χ1n) is 12.7. The summed E-state index contributed by atoms with van der Waals surface area (Å²) in [4.78, 5) is 12.7. The molecule has 1 unspecified atom stereocenters. The van der Waals surface area contributed by atoms with E-state index < -0.39 is 11.9 Å². The van der Waals surface area contributed by atoms with Crippen LogP contribution in [0.1, 0.15) is 33.0 Å². The SMILES string of the molecule is C=CCOc1ccc(C(=O)Oc2ccc3c(c2)OC(N)=C(C#N)C3c2ccc(OCc3ccccc3F)cc2)cc1. The summed E-state index contributed by atoms with van der Waals surface area (Å²) < 4.78 is 36.4. The second-order valence-electron chi connectivity index (χ2n) is 9.09. The van der Waals surface area contributed by atoms with Crippen LogP contribution in [-0.4, -0.2) is 12.6 Å². The summed E-state index contributed by atoms with van der Waals surface area (Å²) in [5, 5.41) is 9.87. The van der Waals surface area contributed by atoms with Gasteiger partial charge in [0.25, 0.3) is 0 Å². The highest BCUT2D eigenvalue weighted by Crippen LogP contribution is 2.43. The number of nitriles is 1. The Morgan fingerprint density at radius 2 is 1.66 bits per heavy atom. The molecule has 4 aromatic carbocycles. The third-order valence-corrected chi connectivity index (χ3v) is 6.42. The quantitative estimate of drug-likeness (QED) is 0.146. The molecule has 1 heterocycles. The minimum Gasteiger partial charge on any atom is -0.490 e. The van der Waals surface area contributed by atoms with Crippen LogP contribution in [0, 0.1) is 17.1 Å². The van der Waals surface area contributed by atoms with Gasteiger partial charge in [0.2, 0.25) is 5.88 Å². The molecule has 0 saturated heterocycles. The Bertz CT molecular complexity index is 1660. The van der Waals surface area contributed by atoms with Gasteiger partial charge in [-0.1, -0.05) is 49.1 Å². The molecule has 0 bridgehead atoms. The molecule has 4 aromatic rings. The Morgan fingerprint density at radius 3 is 2.37 bits per heavy atom. The normalized spacial score (nSPS) is 13.8. The van der Waals surface area contributed by atoms with E-state index in [0.717, 1.165) is 5.56 Å². The van der Waals surface area contributed by atoms with Gasteiger partial charge in [-0.15, -0.1) is 0 Å². The van der Waals surface area contributed by atoms with Gasteiger partial charge in [-0.25, -0.2) is 9.18 Å². The predicted molar refractivity (Wildman–Crippen MR) is 150 cm³/mol. The Morgan fingerprint density at radius 1 is 0.976 bits per heavy atom. The fourth-order valence-corrected chi connectivity index (χ4v) is 4.38. The molecule has 0 aromatic heterocycles. The maximum absolute atomic E-state index is 13.9. The third kappa shape index (κ3) is 6.05. The molecule has 8 heteroatoms. The monoisotopic (exact) mass is 548 g/mol. The highest BCUT2D eigenvalue weighted by Gasteiger charge is 2.31. The number of hydrogen-bond donors (Lipinski definition) is 1. The summed E-state index contributed by atoms with van der Waals surface area (Å²) in [6, 6.07) is 27.2. The van der Waals surface area contributed by atoms with E-state index >= 15 is 0 Å². The fourth-order valence-electron chi connectivity index (χ4n) is 4.38. The van der Waals surface area contributed by atoms with Gasteiger partial charge in [-0.2, -0.15) is 5.26 Å². The van der Waals surface area contributed by atoms with Crippen LogP contribution in [0.15, 0.2) is 115 Å². The van der Waals surface area contributed by atoms with Crippen LogP contribution in [-0.2, 0) is 6.61 Å². The Labute approximate surface area is 236 Å². The number of fused-ring (bicyclic) bond motifs is 1. The summed E-state index contributed by atoms with van der Waals surface area (Å²) in [5.74, 6) is 0.325. The number of carbonyl (C=O) groups excluding carboxylic acids is 1. The Balaban J connectivity index is 1.34. The Hall–Kier alpha value is -5.55. The van der Waals surface area contributed by atoms with Gasteiger partial charge in [0.05, 0.1) is 11.5 Å². The molecule has 0 spiro atoms. The van der Waals surface area contributed by atoms with Crippen molar-refractivity contribution in [3.63, 3.8) is 0 Å². The van der Waals surface area contributed by atoms with Crippen molar-refractivity contribution in [2.45, 2.75) is 12.5 Å². The standard InChI is InChI=1S/C33H25FN2O5/c1-2-17-38-24-13-9-22(10-14-24)33(37)40-26-15-16-27-30(18-26)41-32(36)28(19-35)31(27)21-7-11-25(12-8-21)39-20-23-5-3-4-6-29(23)34/h2-16,18,31H,1,17,20,36H2. The van der Waals surface area contributed by atoms with Crippen molar-refractivity contribution < 1.29 is 28.1 Å².